The molecule has 1 amide bonds. The number of likely N-dealkylation sites (tertiary alicyclic amines) is 1. The topological polar surface area (TPSA) is 101 Å². The molecule has 2 saturated carbocycles. The lowest BCUT2D eigenvalue weighted by Crippen LogP contribution is -2.41. The predicted molar refractivity (Wildman–Crippen MR) is 195 cm³/mol. The average molecular weight is 781 g/mol. The number of fused-ring (bicyclic) bond motifs is 4. The Balaban J connectivity index is 1.24. The fourth-order valence-electron chi connectivity index (χ4n) is 9.00. The molecular weight excluding hydrogens is 745 g/mol. The van der Waals surface area contributed by atoms with E-state index in [0.29, 0.717) is 22.2 Å². The number of amides is 1. The Kier molecular flexibility index (Phi) is 8.41. The van der Waals surface area contributed by atoms with Crippen LogP contribution in [0.5, 0.6) is 5.75 Å². The van der Waals surface area contributed by atoms with Gasteiger partial charge < -0.3 is 19.5 Å². The summed E-state index contributed by atoms with van der Waals surface area (Å²) in [5.41, 5.74) is 2.43. The molecule has 54 heavy (non-hydrogen) atoms. The molecule has 2 aliphatic carbocycles. The van der Waals surface area contributed by atoms with Crippen LogP contribution in [-0.4, -0.2) is 55.4 Å². The highest BCUT2D eigenvalue weighted by Gasteiger charge is 2.51. The number of ether oxygens (including phenoxy) is 1. The molecule has 1 N–H and O–H groups in total. The lowest BCUT2D eigenvalue weighted by Gasteiger charge is -2.39. The minimum absolute atomic E-state index is 0.0110. The van der Waals surface area contributed by atoms with Crippen LogP contribution in [0.2, 0.25) is 10.0 Å². The van der Waals surface area contributed by atoms with Gasteiger partial charge in [-0.15, -0.1) is 0 Å². The van der Waals surface area contributed by atoms with Gasteiger partial charge in [-0.25, -0.2) is 9.37 Å². The maximum atomic E-state index is 17.2. The van der Waals surface area contributed by atoms with Crippen molar-refractivity contribution in [2.24, 2.45) is 18.9 Å². The number of alkyl halides is 3. The molecule has 5 fully saturated rings. The first-order valence-corrected chi connectivity index (χ1v) is 18.9. The Bertz CT molecular complexity index is 2400. The SMILES string of the molecule is Cc1nc2c(F)c(-c3cccc(Cl)c3Cl)c(CCC#N)cc2c2c1cc([C@H]1C[C@H](Oc3cn(C)nc3C(F)(F)F)CN1C(=O)C1CC1)n2[C@H]1[C@H]2CN[C@@H]1C2. The number of nitriles is 1. The predicted octanol–water partition coefficient (Wildman–Crippen LogP) is 8.48. The molecule has 5 aliphatic rings. The third-order valence-corrected chi connectivity index (χ3v) is 12.4. The van der Waals surface area contributed by atoms with Crippen LogP contribution in [0.15, 0.2) is 36.5 Å². The lowest BCUT2D eigenvalue weighted by molar-refractivity contribution is -0.143. The molecule has 0 spiro atoms. The Hall–Kier alpha value is -4.38. The van der Waals surface area contributed by atoms with Crippen molar-refractivity contribution in [3.8, 4) is 22.9 Å². The number of benzene rings is 2. The van der Waals surface area contributed by atoms with Gasteiger partial charge in [-0.05, 0) is 62.3 Å². The van der Waals surface area contributed by atoms with E-state index >= 15 is 4.39 Å². The summed E-state index contributed by atoms with van der Waals surface area (Å²) in [5, 5.41) is 18.6. The summed E-state index contributed by atoms with van der Waals surface area (Å²) < 4.78 is 68.4. The standard InChI is InChI=1S/C39H35Cl2F4N7O2/c1-18-24-14-29(28-13-22(16-51(28)38(53)19-8-9-19)54-30-17-50(2)49-37(30)39(43,44)45)52(35-21-12-27(35)47-15-21)36(24)25-11-20(5-4-10-46)31(33(42)34(25)48-18)23-6-3-7-26(40)32(23)41/h3,6-7,11,14,17,19,21-22,27-28,35,47H,4-5,8-9,12-13,15-16H2,1-2H3/t21-,22+,27-,28-,35+/m1/s1. The number of rotatable bonds is 8. The minimum atomic E-state index is -4.72. The van der Waals surface area contributed by atoms with Crippen LogP contribution < -0.4 is 10.1 Å². The third-order valence-electron chi connectivity index (χ3n) is 11.6. The third kappa shape index (κ3) is 5.63. The van der Waals surface area contributed by atoms with Crippen molar-refractivity contribution in [1.29, 1.82) is 5.26 Å². The van der Waals surface area contributed by atoms with E-state index in [9.17, 15) is 23.2 Å². The van der Waals surface area contributed by atoms with E-state index in [0.717, 1.165) is 47.1 Å². The molecule has 9 nitrogen and oxygen atoms in total. The Morgan fingerprint density at radius 2 is 1.96 bits per heavy atom. The smallest absolute Gasteiger partial charge is 0.438 e. The van der Waals surface area contributed by atoms with Crippen molar-refractivity contribution < 1.29 is 27.1 Å². The lowest BCUT2D eigenvalue weighted by atomic mass is 9.79. The van der Waals surface area contributed by atoms with E-state index in [1.807, 2.05) is 19.1 Å². The molecule has 10 rings (SSSR count). The number of hydrogen-bond acceptors (Lipinski definition) is 6. The molecule has 15 heteroatoms. The molecule has 3 saturated heterocycles. The Labute approximate surface area is 317 Å². The van der Waals surface area contributed by atoms with E-state index in [2.05, 4.69) is 21.1 Å². The number of carbonyl (C=O) groups is 1. The highest BCUT2D eigenvalue weighted by Crippen LogP contribution is 2.51. The van der Waals surface area contributed by atoms with Gasteiger partial charge in [0.05, 0.1) is 46.5 Å². The zero-order valence-electron chi connectivity index (χ0n) is 29.4. The molecule has 6 heterocycles. The van der Waals surface area contributed by atoms with Gasteiger partial charge in [-0.1, -0.05) is 35.3 Å². The summed E-state index contributed by atoms with van der Waals surface area (Å²) >= 11 is 13.0. The highest BCUT2D eigenvalue weighted by atomic mass is 35.5. The molecule has 5 atom stereocenters. The molecule has 2 bridgehead atoms. The first-order chi connectivity index (χ1) is 25.8. The van der Waals surface area contributed by atoms with Crippen molar-refractivity contribution in [2.45, 2.75) is 75.9 Å². The molecule has 2 aromatic carbocycles. The molecule has 0 unspecified atom stereocenters. The van der Waals surface area contributed by atoms with Crippen molar-refractivity contribution in [3.63, 3.8) is 0 Å². The molecular formula is C39H35Cl2F4N7O2. The number of nitrogens with zero attached hydrogens (tertiary/aromatic N) is 6. The number of hydrogen-bond donors (Lipinski definition) is 1. The first-order valence-electron chi connectivity index (χ1n) is 18.1. The van der Waals surface area contributed by atoms with Gasteiger partial charge in [0.25, 0.3) is 0 Å². The number of aromatic nitrogens is 4. The first kappa shape index (κ1) is 35.3. The van der Waals surface area contributed by atoms with Gasteiger partial charge in [0.2, 0.25) is 11.6 Å². The molecule has 3 aromatic heterocycles. The van der Waals surface area contributed by atoms with Gasteiger partial charge >= 0.3 is 6.18 Å². The zero-order chi connectivity index (χ0) is 37.8. The second-order valence-electron chi connectivity index (χ2n) is 15.0. The van der Waals surface area contributed by atoms with E-state index in [1.165, 1.54) is 13.2 Å². The van der Waals surface area contributed by atoms with Gasteiger partial charge in [-0.2, -0.15) is 23.5 Å². The summed E-state index contributed by atoms with van der Waals surface area (Å²) in [5.74, 6) is -0.861. The molecule has 0 radical (unpaired) electrons. The molecule has 5 aromatic rings. The number of pyridine rings is 1. The number of carbonyl (C=O) groups excluding carboxylic acids is 1. The summed E-state index contributed by atoms with van der Waals surface area (Å²) in [6.45, 7) is 2.74. The van der Waals surface area contributed by atoms with Crippen molar-refractivity contribution in [2.75, 3.05) is 13.1 Å². The Morgan fingerprint density at radius 3 is 2.65 bits per heavy atom. The highest BCUT2D eigenvalue weighted by molar-refractivity contribution is 6.43. The number of nitrogens with one attached hydrogen (secondary N) is 1. The van der Waals surface area contributed by atoms with Crippen molar-refractivity contribution in [3.05, 3.63) is 75.0 Å². The van der Waals surface area contributed by atoms with Gasteiger partial charge in [0.1, 0.15) is 11.6 Å². The summed E-state index contributed by atoms with van der Waals surface area (Å²) in [4.78, 5) is 20.6. The van der Waals surface area contributed by atoms with Gasteiger partial charge in [-0.3, -0.25) is 9.48 Å². The van der Waals surface area contributed by atoms with Crippen LogP contribution in [0.1, 0.15) is 66.8 Å². The fraction of sp³-hybridized carbons (Fsp3) is 0.436. The maximum Gasteiger partial charge on any atom is 0.438 e. The second kappa shape index (κ2) is 12.9. The maximum absolute atomic E-state index is 17.2. The van der Waals surface area contributed by atoms with Crippen molar-refractivity contribution in [1.82, 2.24) is 29.5 Å². The number of aryl methyl sites for hydroxylation is 3. The van der Waals surface area contributed by atoms with Crippen LogP contribution >= 0.6 is 23.2 Å². The van der Waals surface area contributed by atoms with Gasteiger partial charge in [0.15, 0.2) is 11.6 Å². The van der Waals surface area contributed by atoms with Crippen LogP contribution in [0, 0.1) is 35.9 Å². The van der Waals surface area contributed by atoms with Crippen LogP contribution in [0.3, 0.4) is 0 Å². The van der Waals surface area contributed by atoms with E-state index < -0.39 is 29.8 Å². The van der Waals surface area contributed by atoms with E-state index in [1.54, 1.807) is 23.1 Å². The summed E-state index contributed by atoms with van der Waals surface area (Å²) in [7, 11) is 1.41. The average Bonchev–Trinajstić information content (AvgIpc) is 3.52. The number of halogens is 6. The largest absolute Gasteiger partial charge is 0.485 e. The van der Waals surface area contributed by atoms with Crippen molar-refractivity contribution >= 4 is 50.9 Å². The van der Waals surface area contributed by atoms with E-state index in [4.69, 9.17) is 32.9 Å². The second-order valence-corrected chi connectivity index (χ2v) is 15.8. The zero-order valence-corrected chi connectivity index (χ0v) is 30.9. The fourth-order valence-corrected chi connectivity index (χ4v) is 9.39. The molecule has 3 aliphatic heterocycles. The minimum Gasteiger partial charge on any atom is -0.485 e. The monoisotopic (exact) mass is 779 g/mol. The quantitative estimate of drug-likeness (QED) is 0.159. The molecule has 280 valence electrons. The van der Waals surface area contributed by atoms with Crippen LogP contribution in [0.4, 0.5) is 17.6 Å². The summed E-state index contributed by atoms with van der Waals surface area (Å²) in [6, 6.07) is 10.7. The van der Waals surface area contributed by atoms with Gasteiger partial charge in [0, 0.05) is 71.7 Å². The van der Waals surface area contributed by atoms with Crippen LogP contribution in [0.25, 0.3) is 32.9 Å². The van der Waals surface area contributed by atoms with Crippen LogP contribution in [-0.2, 0) is 24.4 Å². The van der Waals surface area contributed by atoms with E-state index in [-0.39, 0.29) is 82.5 Å². The Morgan fingerprint density at radius 1 is 1.17 bits per heavy atom. The normalized spacial score (nSPS) is 23.7. The summed E-state index contributed by atoms with van der Waals surface area (Å²) in [6.07, 6.45) is -1.13.